The zero-order valence-electron chi connectivity index (χ0n) is 14.1. The first-order valence-electron chi connectivity index (χ1n) is 8.22. The summed E-state index contributed by atoms with van der Waals surface area (Å²) in [6, 6.07) is 5.38. The van der Waals surface area contributed by atoms with Crippen LogP contribution in [0.3, 0.4) is 0 Å². The largest absolute Gasteiger partial charge is 0.369 e. The molecule has 6 nitrogen and oxygen atoms in total. The number of hydrogen-bond donors (Lipinski definition) is 0. The predicted octanol–water partition coefficient (Wildman–Crippen LogP) is 3.24. The van der Waals surface area contributed by atoms with E-state index in [0.29, 0.717) is 0 Å². The molecule has 7 heteroatoms. The highest BCUT2D eigenvalue weighted by molar-refractivity contribution is 7.09. The van der Waals surface area contributed by atoms with Crippen LogP contribution < -0.4 is 4.90 Å². The summed E-state index contributed by atoms with van der Waals surface area (Å²) < 4.78 is 0. The summed E-state index contributed by atoms with van der Waals surface area (Å²) in [4.78, 5) is 20.0. The smallest absolute Gasteiger partial charge is 0.272 e. The molecule has 0 saturated carbocycles. The minimum Gasteiger partial charge on any atom is -0.369 e. The molecule has 0 unspecified atom stereocenters. The van der Waals surface area contributed by atoms with Gasteiger partial charge in [-0.3, -0.25) is 15.0 Å². The lowest BCUT2D eigenvalue weighted by atomic mass is 10.1. The maximum atomic E-state index is 10.9. The second-order valence-electron chi connectivity index (χ2n) is 6.08. The van der Waals surface area contributed by atoms with Gasteiger partial charge in [-0.25, -0.2) is 4.98 Å². The third-order valence-corrected chi connectivity index (χ3v) is 5.44. The monoisotopic (exact) mass is 346 g/mol. The molecule has 2 heterocycles. The molecular weight excluding hydrogens is 324 g/mol. The van der Waals surface area contributed by atoms with Crippen LogP contribution in [-0.4, -0.2) is 41.0 Å². The van der Waals surface area contributed by atoms with E-state index in [1.165, 1.54) is 5.01 Å². The molecule has 0 N–H and O–H groups in total. The molecule has 1 saturated heterocycles. The number of hydrogen-bond acceptors (Lipinski definition) is 6. The Labute approximate surface area is 145 Å². The number of rotatable bonds is 5. The Bertz CT molecular complexity index is 723. The number of anilines is 1. The van der Waals surface area contributed by atoms with Crippen LogP contribution in [0.5, 0.6) is 0 Å². The first-order chi connectivity index (χ1) is 11.6. The lowest BCUT2D eigenvalue weighted by Gasteiger charge is -2.35. The molecule has 0 spiro atoms. The molecule has 3 rings (SSSR count). The molecule has 1 aromatic carbocycles. The van der Waals surface area contributed by atoms with E-state index in [-0.39, 0.29) is 10.6 Å². The molecule has 0 radical (unpaired) electrons. The van der Waals surface area contributed by atoms with E-state index in [0.717, 1.165) is 56.1 Å². The van der Waals surface area contributed by atoms with Crippen molar-refractivity contribution in [3.63, 3.8) is 0 Å². The molecule has 1 aliphatic rings. The molecule has 0 aliphatic carbocycles. The van der Waals surface area contributed by atoms with Crippen molar-refractivity contribution in [2.24, 2.45) is 0 Å². The number of benzene rings is 1. The summed E-state index contributed by atoms with van der Waals surface area (Å²) in [5.41, 5.74) is 3.14. The lowest BCUT2D eigenvalue weighted by Crippen LogP contribution is -2.46. The average Bonchev–Trinajstić information content (AvgIpc) is 3.03. The zero-order valence-corrected chi connectivity index (χ0v) is 14.9. The molecule has 24 heavy (non-hydrogen) atoms. The zero-order chi connectivity index (χ0) is 17.1. The van der Waals surface area contributed by atoms with E-state index in [9.17, 15) is 10.1 Å². The van der Waals surface area contributed by atoms with Crippen LogP contribution in [0.15, 0.2) is 23.6 Å². The van der Waals surface area contributed by atoms with Crippen molar-refractivity contribution in [2.45, 2.75) is 26.8 Å². The van der Waals surface area contributed by atoms with Crippen molar-refractivity contribution in [3.05, 3.63) is 50.0 Å². The summed E-state index contributed by atoms with van der Waals surface area (Å²) in [6.45, 7) is 8.66. The Hall–Kier alpha value is -1.99. The summed E-state index contributed by atoms with van der Waals surface area (Å²) in [7, 11) is 0. The fourth-order valence-electron chi connectivity index (χ4n) is 3.02. The maximum Gasteiger partial charge on any atom is 0.272 e. The van der Waals surface area contributed by atoms with Crippen LogP contribution in [0.1, 0.15) is 23.2 Å². The summed E-state index contributed by atoms with van der Waals surface area (Å²) in [5.74, 6) is 0. The summed E-state index contributed by atoms with van der Waals surface area (Å²) >= 11 is 1.74. The average molecular weight is 346 g/mol. The van der Waals surface area contributed by atoms with Crippen molar-refractivity contribution < 1.29 is 4.92 Å². The Morgan fingerprint density at radius 2 is 2.04 bits per heavy atom. The lowest BCUT2D eigenvalue weighted by molar-refractivity contribution is -0.385. The number of piperazine rings is 1. The number of aryl methyl sites for hydroxylation is 2. The van der Waals surface area contributed by atoms with Crippen molar-refractivity contribution in [3.8, 4) is 0 Å². The standard InChI is InChI=1S/C17H22N4O2S/c1-3-17-18-14(12-24-17)11-19-6-8-20(9-7-19)15-4-5-16(21(22)23)13(2)10-15/h4-5,10,12H,3,6-9,11H2,1-2H3. The van der Waals surface area contributed by atoms with E-state index < -0.39 is 0 Å². The van der Waals surface area contributed by atoms with Crippen molar-refractivity contribution in [2.75, 3.05) is 31.1 Å². The van der Waals surface area contributed by atoms with Crippen LogP contribution in [0.2, 0.25) is 0 Å². The van der Waals surface area contributed by atoms with E-state index >= 15 is 0 Å². The molecule has 2 aromatic rings. The van der Waals surface area contributed by atoms with Crippen LogP contribution in [0.25, 0.3) is 0 Å². The highest BCUT2D eigenvalue weighted by atomic mass is 32.1. The normalized spacial score (nSPS) is 15.7. The van der Waals surface area contributed by atoms with E-state index in [2.05, 4.69) is 27.1 Å². The minimum absolute atomic E-state index is 0.188. The topological polar surface area (TPSA) is 62.5 Å². The number of aromatic nitrogens is 1. The number of thiazole rings is 1. The molecular formula is C17H22N4O2S. The number of nitrogens with zero attached hydrogens (tertiary/aromatic N) is 4. The first-order valence-corrected chi connectivity index (χ1v) is 9.10. The van der Waals surface area contributed by atoms with Crippen LogP contribution in [0.4, 0.5) is 11.4 Å². The van der Waals surface area contributed by atoms with Gasteiger partial charge in [0.1, 0.15) is 0 Å². The van der Waals surface area contributed by atoms with Crippen molar-refractivity contribution in [1.82, 2.24) is 9.88 Å². The van der Waals surface area contributed by atoms with Gasteiger partial charge in [0.25, 0.3) is 5.69 Å². The van der Waals surface area contributed by atoms with Gasteiger partial charge in [0.2, 0.25) is 0 Å². The first kappa shape index (κ1) is 16.9. The minimum atomic E-state index is -0.324. The van der Waals surface area contributed by atoms with E-state index in [4.69, 9.17) is 0 Å². The van der Waals surface area contributed by atoms with Gasteiger partial charge in [-0.2, -0.15) is 0 Å². The summed E-state index contributed by atoms with van der Waals surface area (Å²) in [6.07, 6.45) is 0.998. The van der Waals surface area contributed by atoms with Gasteiger partial charge in [0, 0.05) is 55.4 Å². The van der Waals surface area contributed by atoms with Crippen LogP contribution in [0, 0.1) is 17.0 Å². The predicted molar refractivity (Wildman–Crippen MR) is 96.8 cm³/mol. The van der Waals surface area contributed by atoms with Gasteiger partial charge in [-0.05, 0) is 25.5 Å². The van der Waals surface area contributed by atoms with Gasteiger partial charge in [0.05, 0.1) is 15.6 Å². The number of nitro benzene ring substituents is 1. The van der Waals surface area contributed by atoms with Gasteiger partial charge < -0.3 is 4.90 Å². The molecule has 128 valence electrons. The quantitative estimate of drug-likeness (QED) is 0.614. The highest BCUT2D eigenvalue weighted by Crippen LogP contribution is 2.25. The van der Waals surface area contributed by atoms with Gasteiger partial charge in [0.15, 0.2) is 0 Å². The van der Waals surface area contributed by atoms with Gasteiger partial charge >= 0.3 is 0 Å². The van der Waals surface area contributed by atoms with Crippen LogP contribution in [-0.2, 0) is 13.0 Å². The third-order valence-electron chi connectivity index (χ3n) is 4.40. The third kappa shape index (κ3) is 3.73. The second-order valence-corrected chi connectivity index (χ2v) is 7.02. The molecule has 1 fully saturated rings. The molecule has 1 aromatic heterocycles. The molecule has 1 aliphatic heterocycles. The van der Waals surface area contributed by atoms with E-state index in [1.807, 2.05) is 12.1 Å². The molecule has 0 bridgehead atoms. The van der Waals surface area contributed by atoms with Gasteiger partial charge in [-0.15, -0.1) is 11.3 Å². The fourth-order valence-corrected chi connectivity index (χ4v) is 3.75. The van der Waals surface area contributed by atoms with Gasteiger partial charge in [-0.1, -0.05) is 6.92 Å². The fraction of sp³-hybridized carbons (Fsp3) is 0.471. The maximum absolute atomic E-state index is 10.9. The van der Waals surface area contributed by atoms with Crippen molar-refractivity contribution >= 4 is 22.7 Å². The summed E-state index contributed by atoms with van der Waals surface area (Å²) in [5, 5.41) is 14.3. The highest BCUT2D eigenvalue weighted by Gasteiger charge is 2.20. The van der Waals surface area contributed by atoms with E-state index in [1.54, 1.807) is 24.3 Å². The molecule has 0 amide bonds. The second kappa shape index (κ2) is 7.27. The Balaban J connectivity index is 1.58. The van der Waals surface area contributed by atoms with Crippen molar-refractivity contribution in [1.29, 1.82) is 0 Å². The van der Waals surface area contributed by atoms with Crippen LogP contribution >= 0.6 is 11.3 Å². The molecule has 0 atom stereocenters. The number of nitro groups is 1. The SMILES string of the molecule is CCc1nc(CN2CCN(c3ccc([N+](=O)[O-])c(C)c3)CC2)cs1. The Morgan fingerprint density at radius 3 is 2.62 bits per heavy atom. The Kier molecular flexibility index (Phi) is 5.11. The Morgan fingerprint density at radius 1 is 1.29 bits per heavy atom.